The summed E-state index contributed by atoms with van der Waals surface area (Å²) < 4.78 is 25.0. The number of halogens is 1. The molecule has 21 heavy (non-hydrogen) atoms. The Morgan fingerprint density at radius 1 is 1.05 bits per heavy atom. The predicted octanol–water partition coefficient (Wildman–Crippen LogP) is 4.61. The molecule has 0 bridgehead atoms. The average molecular weight is 289 g/mol. The number of anilines is 1. The summed E-state index contributed by atoms with van der Waals surface area (Å²) in [5.74, 6) is 0.784. The second-order valence-electron chi connectivity index (χ2n) is 5.04. The Morgan fingerprint density at radius 3 is 2.52 bits per heavy atom. The van der Waals surface area contributed by atoms with Gasteiger partial charge in [-0.25, -0.2) is 4.39 Å². The molecule has 0 aromatic heterocycles. The summed E-state index contributed by atoms with van der Waals surface area (Å²) in [6, 6.07) is 8.63. The summed E-state index contributed by atoms with van der Waals surface area (Å²) in [4.78, 5) is 0. The zero-order valence-corrected chi connectivity index (χ0v) is 12.6. The van der Waals surface area contributed by atoms with E-state index in [2.05, 4.69) is 0 Å². The second-order valence-corrected chi connectivity index (χ2v) is 5.04. The molecule has 2 N–H and O–H groups in total. The van der Waals surface area contributed by atoms with Crippen LogP contribution in [0.1, 0.15) is 24.5 Å². The van der Waals surface area contributed by atoms with E-state index in [0.29, 0.717) is 18.1 Å². The third kappa shape index (κ3) is 3.66. The normalized spacial score (nSPS) is 10.5. The van der Waals surface area contributed by atoms with Gasteiger partial charge in [-0.3, -0.25) is 0 Å². The van der Waals surface area contributed by atoms with Crippen molar-refractivity contribution in [2.24, 2.45) is 0 Å². The van der Waals surface area contributed by atoms with Gasteiger partial charge in [-0.05, 0) is 37.5 Å². The summed E-state index contributed by atoms with van der Waals surface area (Å²) in [5.41, 5.74) is 8.15. The van der Waals surface area contributed by atoms with E-state index >= 15 is 0 Å². The van der Waals surface area contributed by atoms with Crippen molar-refractivity contribution in [1.29, 1.82) is 0 Å². The molecular formula is C17H20FNO2. The molecular weight excluding hydrogens is 269 g/mol. The third-order valence-electron chi connectivity index (χ3n) is 3.09. The van der Waals surface area contributed by atoms with Crippen LogP contribution in [-0.2, 0) is 0 Å². The highest BCUT2D eigenvalue weighted by Gasteiger charge is 2.12. The molecule has 3 nitrogen and oxygen atoms in total. The van der Waals surface area contributed by atoms with Crippen LogP contribution in [-0.4, -0.2) is 6.61 Å². The summed E-state index contributed by atoms with van der Waals surface area (Å²) in [5, 5.41) is 0. The van der Waals surface area contributed by atoms with Crippen molar-refractivity contribution in [3.8, 4) is 17.2 Å². The van der Waals surface area contributed by atoms with E-state index < -0.39 is 5.82 Å². The predicted molar refractivity (Wildman–Crippen MR) is 82.6 cm³/mol. The highest BCUT2D eigenvalue weighted by Crippen LogP contribution is 2.35. The van der Waals surface area contributed by atoms with Crippen molar-refractivity contribution in [3.05, 3.63) is 47.3 Å². The van der Waals surface area contributed by atoms with Crippen molar-refractivity contribution in [2.45, 2.75) is 27.2 Å². The summed E-state index contributed by atoms with van der Waals surface area (Å²) in [6.45, 7) is 6.34. The maximum Gasteiger partial charge on any atom is 0.167 e. The van der Waals surface area contributed by atoms with Gasteiger partial charge < -0.3 is 15.2 Å². The Balaban J connectivity index is 2.32. The van der Waals surface area contributed by atoms with Crippen LogP contribution >= 0.6 is 0 Å². The number of nitrogen functional groups attached to an aromatic ring is 1. The number of benzene rings is 2. The molecule has 112 valence electrons. The summed E-state index contributed by atoms with van der Waals surface area (Å²) in [7, 11) is 0. The minimum absolute atomic E-state index is 0.159. The van der Waals surface area contributed by atoms with Crippen LogP contribution in [0, 0.1) is 19.7 Å². The lowest BCUT2D eigenvalue weighted by Crippen LogP contribution is -2.01. The fourth-order valence-corrected chi connectivity index (χ4v) is 1.90. The van der Waals surface area contributed by atoms with Gasteiger partial charge in [0.25, 0.3) is 0 Å². The number of hydrogen-bond donors (Lipinski definition) is 1. The molecule has 0 aliphatic carbocycles. The molecule has 0 aliphatic heterocycles. The SMILES string of the molecule is CCCOc1cc(Oc2cc(C)ccc2C)c(N)cc1F. The van der Waals surface area contributed by atoms with Crippen LogP contribution < -0.4 is 15.2 Å². The summed E-state index contributed by atoms with van der Waals surface area (Å²) in [6.07, 6.45) is 0.803. The van der Waals surface area contributed by atoms with Crippen molar-refractivity contribution in [1.82, 2.24) is 0 Å². The second kappa shape index (κ2) is 6.48. The minimum Gasteiger partial charge on any atom is -0.490 e. The topological polar surface area (TPSA) is 44.5 Å². The van der Waals surface area contributed by atoms with Gasteiger partial charge in [0.1, 0.15) is 5.75 Å². The van der Waals surface area contributed by atoms with E-state index in [1.807, 2.05) is 39.0 Å². The van der Waals surface area contributed by atoms with Crippen LogP contribution in [0.15, 0.2) is 30.3 Å². The van der Waals surface area contributed by atoms with E-state index in [-0.39, 0.29) is 11.4 Å². The average Bonchev–Trinajstić information content (AvgIpc) is 2.44. The molecule has 0 heterocycles. The van der Waals surface area contributed by atoms with Gasteiger partial charge in [0.15, 0.2) is 17.3 Å². The smallest absolute Gasteiger partial charge is 0.167 e. The van der Waals surface area contributed by atoms with Gasteiger partial charge in [0.05, 0.1) is 12.3 Å². The molecule has 2 aromatic carbocycles. The number of rotatable bonds is 5. The van der Waals surface area contributed by atoms with E-state index in [0.717, 1.165) is 17.5 Å². The van der Waals surface area contributed by atoms with E-state index in [1.165, 1.54) is 12.1 Å². The van der Waals surface area contributed by atoms with Crippen molar-refractivity contribution < 1.29 is 13.9 Å². The first kappa shape index (κ1) is 15.2. The third-order valence-corrected chi connectivity index (χ3v) is 3.09. The van der Waals surface area contributed by atoms with Crippen LogP contribution in [0.5, 0.6) is 17.2 Å². The standard InChI is InChI=1S/C17H20FNO2/c1-4-7-20-16-10-17(14(19)9-13(16)18)21-15-8-11(2)5-6-12(15)3/h5-6,8-10H,4,7,19H2,1-3H3. The van der Waals surface area contributed by atoms with Gasteiger partial charge in [-0.15, -0.1) is 0 Å². The Kier molecular flexibility index (Phi) is 4.68. The largest absolute Gasteiger partial charge is 0.490 e. The van der Waals surface area contributed by atoms with E-state index in [4.69, 9.17) is 15.2 Å². The van der Waals surface area contributed by atoms with Gasteiger partial charge >= 0.3 is 0 Å². The van der Waals surface area contributed by atoms with Crippen LogP contribution in [0.3, 0.4) is 0 Å². The first-order valence-corrected chi connectivity index (χ1v) is 6.98. The molecule has 0 radical (unpaired) electrons. The van der Waals surface area contributed by atoms with Crippen molar-refractivity contribution in [2.75, 3.05) is 12.3 Å². The lowest BCUT2D eigenvalue weighted by atomic mass is 10.1. The first-order valence-electron chi connectivity index (χ1n) is 6.98. The number of ether oxygens (including phenoxy) is 2. The lowest BCUT2D eigenvalue weighted by molar-refractivity contribution is 0.299. The quantitative estimate of drug-likeness (QED) is 0.818. The van der Waals surface area contributed by atoms with E-state index in [1.54, 1.807) is 0 Å². The lowest BCUT2D eigenvalue weighted by Gasteiger charge is -2.14. The number of nitrogens with two attached hydrogens (primary N) is 1. The first-order chi connectivity index (χ1) is 10.0. The Bertz CT molecular complexity index is 641. The molecule has 4 heteroatoms. The zero-order chi connectivity index (χ0) is 15.4. The highest BCUT2D eigenvalue weighted by molar-refractivity contribution is 5.58. The minimum atomic E-state index is -0.478. The van der Waals surface area contributed by atoms with Gasteiger partial charge in [-0.1, -0.05) is 19.1 Å². The van der Waals surface area contributed by atoms with Gasteiger partial charge in [-0.2, -0.15) is 0 Å². The molecule has 0 unspecified atom stereocenters. The van der Waals surface area contributed by atoms with Gasteiger partial charge in [0, 0.05) is 12.1 Å². The number of hydrogen-bond acceptors (Lipinski definition) is 3. The van der Waals surface area contributed by atoms with Crippen LogP contribution in [0.25, 0.3) is 0 Å². The van der Waals surface area contributed by atoms with Crippen LogP contribution in [0.2, 0.25) is 0 Å². The zero-order valence-electron chi connectivity index (χ0n) is 12.6. The molecule has 0 aliphatic rings. The maximum atomic E-state index is 13.8. The van der Waals surface area contributed by atoms with E-state index in [9.17, 15) is 4.39 Å². The molecule has 2 rings (SSSR count). The molecule has 0 saturated carbocycles. The Morgan fingerprint density at radius 2 is 1.81 bits per heavy atom. The Hall–Kier alpha value is -2.23. The fraction of sp³-hybridized carbons (Fsp3) is 0.294. The number of aryl methyl sites for hydroxylation is 2. The highest BCUT2D eigenvalue weighted by atomic mass is 19.1. The maximum absolute atomic E-state index is 13.8. The Labute approximate surface area is 124 Å². The fourth-order valence-electron chi connectivity index (χ4n) is 1.90. The molecule has 0 spiro atoms. The van der Waals surface area contributed by atoms with Crippen LogP contribution in [0.4, 0.5) is 10.1 Å². The van der Waals surface area contributed by atoms with Crippen molar-refractivity contribution >= 4 is 5.69 Å². The monoisotopic (exact) mass is 289 g/mol. The molecule has 0 fully saturated rings. The molecule has 0 amide bonds. The summed E-state index contributed by atoms with van der Waals surface area (Å²) >= 11 is 0. The molecule has 0 saturated heterocycles. The molecule has 0 atom stereocenters. The van der Waals surface area contributed by atoms with Crippen molar-refractivity contribution in [3.63, 3.8) is 0 Å². The van der Waals surface area contributed by atoms with Gasteiger partial charge in [0.2, 0.25) is 0 Å². The molecule has 2 aromatic rings.